The molecule has 2 aromatic heterocycles. The second kappa shape index (κ2) is 7.76. The van der Waals surface area contributed by atoms with E-state index in [-0.39, 0.29) is 16.9 Å². The summed E-state index contributed by atoms with van der Waals surface area (Å²) in [7, 11) is 2.62. The van der Waals surface area contributed by atoms with Crippen LogP contribution in [0.2, 0.25) is 0 Å². The Morgan fingerprint density at radius 1 is 1.12 bits per heavy atom. The number of carbonyl (C=O) groups excluding carboxylic acids is 1. The van der Waals surface area contributed by atoms with Gasteiger partial charge in [0.1, 0.15) is 12.3 Å². The van der Waals surface area contributed by atoms with Crippen molar-refractivity contribution in [2.75, 3.05) is 5.32 Å². The van der Waals surface area contributed by atoms with Gasteiger partial charge in [-0.15, -0.1) is 0 Å². The molecule has 1 aromatic carbocycles. The summed E-state index contributed by atoms with van der Waals surface area (Å²) in [6, 6.07) is 2.07. The van der Waals surface area contributed by atoms with Gasteiger partial charge in [-0.1, -0.05) is 0 Å². The SMILES string of the molecule is Cn1c(=O)c2c(ncn2CC(=O)Nc2ccc(OC(C)(F)F)c(C(F)(F)F)c2)n(C)c1=O. The molecule has 3 rings (SSSR count). The summed E-state index contributed by atoms with van der Waals surface area (Å²) in [5.41, 5.74) is -3.22. The first-order chi connectivity index (χ1) is 14.7. The van der Waals surface area contributed by atoms with Crippen molar-refractivity contribution in [3.63, 3.8) is 0 Å². The van der Waals surface area contributed by atoms with Gasteiger partial charge in [0, 0.05) is 26.7 Å². The number of hydrogen-bond acceptors (Lipinski definition) is 5. The molecule has 0 unspecified atom stereocenters. The van der Waals surface area contributed by atoms with Crippen molar-refractivity contribution in [1.82, 2.24) is 18.7 Å². The van der Waals surface area contributed by atoms with E-state index in [2.05, 4.69) is 15.0 Å². The molecule has 1 amide bonds. The van der Waals surface area contributed by atoms with Gasteiger partial charge >= 0.3 is 18.0 Å². The summed E-state index contributed by atoms with van der Waals surface area (Å²) in [5, 5.41) is 2.20. The van der Waals surface area contributed by atoms with Crippen molar-refractivity contribution in [3.8, 4) is 5.75 Å². The molecule has 0 spiro atoms. The molecule has 0 saturated carbocycles. The zero-order chi connectivity index (χ0) is 24.0. The molecule has 172 valence electrons. The summed E-state index contributed by atoms with van der Waals surface area (Å²) in [5.74, 6) is -1.93. The number of carbonyl (C=O) groups is 1. The molecule has 0 bridgehead atoms. The van der Waals surface area contributed by atoms with Gasteiger partial charge in [-0.3, -0.25) is 18.7 Å². The number of anilines is 1. The van der Waals surface area contributed by atoms with Gasteiger partial charge in [0.2, 0.25) is 5.91 Å². The first-order valence-corrected chi connectivity index (χ1v) is 8.88. The second-order valence-electron chi connectivity index (χ2n) is 6.92. The molecule has 0 atom stereocenters. The highest BCUT2D eigenvalue weighted by Crippen LogP contribution is 2.39. The lowest BCUT2D eigenvalue weighted by atomic mass is 10.1. The number of benzene rings is 1. The van der Waals surface area contributed by atoms with E-state index in [1.54, 1.807) is 0 Å². The molecular formula is C18H16F5N5O4. The van der Waals surface area contributed by atoms with E-state index in [0.717, 1.165) is 26.1 Å². The van der Waals surface area contributed by atoms with Crippen LogP contribution in [-0.2, 0) is 31.6 Å². The van der Waals surface area contributed by atoms with Crippen LogP contribution in [0.15, 0.2) is 34.1 Å². The summed E-state index contributed by atoms with van der Waals surface area (Å²) < 4.78 is 72.9. The Morgan fingerprint density at radius 3 is 2.38 bits per heavy atom. The molecule has 3 aromatic rings. The molecule has 32 heavy (non-hydrogen) atoms. The number of ether oxygens (including phenoxy) is 1. The minimum Gasteiger partial charge on any atom is -0.432 e. The van der Waals surface area contributed by atoms with Gasteiger partial charge in [-0.2, -0.15) is 22.0 Å². The predicted octanol–water partition coefficient (Wildman–Crippen LogP) is 2.08. The van der Waals surface area contributed by atoms with Gasteiger partial charge in [0.25, 0.3) is 5.56 Å². The Labute approximate surface area is 175 Å². The Balaban J connectivity index is 1.90. The number of alkyl halides is 5. The van der Waals surface area contributed by atoms with Crippen molar-refractivity contribution in [2.24, 2.45) is 14.1 Å². The lowest BCUT2D eigenvalue weighted by Crippen LogP contribution is -2.37. The van der Waals surface area contributed by atoms with Crippen LogP contribution in [0.5, 0.6) is 5.75 Å². The number of aromatic nitrogens is 4. The first-order valence-electron chi connectivity index (χ1n) is 8.88. The second-order valence-corrected chi connectivity index (χ2v) is 6.92. The summed E-state index contributed by atoms with van der Waals surface area (Å²) in [6.45, 7) is -0.227. The maximum Gasteiger partial charge on any atom is 0.420 e. The lowest BCUT2D eigenvalue weighted by molar-refractivity contribution is -0.169. The maximum atomic E-state index is 13.3. The normalized spacial score (nSPS) is 12.2. The third kappa shape index (κ3) is 4.48. The number of nitrogens with zero attached hydrogens (tertiary/aromatic N) is 4. The highest BCUT2D eigenvalue weighted by Gasteiger charge is 2.37. The van der Waals surface area contributed by atoms with Crippen molar-refractivity contribution >= 4 is 22.8 Å². The number of halogens is 5. The van der Waals surface area contributed by atoms with E-state index in [9.17, 15) is 36.3 Å². The molecule has 0 aliphatic heterocycles. The van der Waals surface area contributed by atoms with Crippen LogP contribution in [0, 0.1) is 0 Å². The van der Waals surface area contributed by atoms with E-state index in [0.29, 0.717) is 19.1 Å². The summed E-state index contributed by atoms with van der Waals surface area (Å²) >= 11 is 0. The van der Waals surface area contributed by atoms with Crippen LogP contribution < -0.4 is 21.3 Å². The molecule has 2 heterocycles. The zero-order valence-electron chi connectivity index (χ0n) is 16.8. The number of rotatable bonds is 5. The van der Waals surface area contributed by atoms with Gasteiger partial charge in [0.15, 0.2) is 11.2 Å². The fourth-order valence-electron chi connectivity index (χ4n) is 2.98. The predicted molar refractivity (Wildman–Crippen MR) is 102 cm³/mol. The monoisotopic (exact) mass is 461 g/mol. The minimum absolute atomic E-state index is 0.0206. The maximum absolute atomic E-state index is 13.3. The number of amides is 1. The van der Waals surface area contributed by atoms with Crippen LogP contribution >= 0.6 is 0 Å². The van der Waals surface area contributed by atoms with Crippen LogP contribution in [0.25, 0.3) is 11.2 Å². The Kier molecular flexibility index (Phi) is 5.57. The molecule has 0 aliphatic rings. The van der Waals surface area contributed by atoms with Crippen molar-refractivity contribution in [1.29, 1.82) is 0 Å². The van der Waals surface area contributed by atoms with E-state index in [1.165, 1.54) is 14.1 Å². The molecular weight excluding hydrogens is 445 g/mol. The van der Waals surface area contributed by atoms with E-state index in [1.807, 2.05) is 0 Å². The van der Waals surface area contributed by atoms with Crippen LogP contribution in [-0.4, -0.2) is 30.7 Å². The summed E-state index contributed by atoms with van der Waals surface area (Å²) in [4.78, 5) is 40.6. The molecule has 9 nitrogen and oxygen atoms in total. The number of aryl methyl sites for hydroxylation is 1. The van der Waals surface area contributed by atoms with Gasteiger partial charge in [0.05, 0.1) is 11.9 Å². The number of fused-ring (bicyclic) bond motifs is 1. The van der Waals surface area contributed by atoms with Crippen molar-refractivity contribution in [2.45, 2.75) is 25.8 Å². The molecule has 1 N–H and O–H groups in total. The quantitative estimate of drug-likeness (QED) is 0.587. The topological polar surface area (TPSA) is 100 Å². The number of imidazole rings is 1. The van der Waals surface area contributed by atoms with Gasteiger partial charge in [-0.05, 0) is 18.2 Å². The third-order valence-electron chi connectivity index (χ3n) is 4.39. The minimum atomic E-state index is -5.03. The fraction of sp³-hybridized carbons (Fsp3) is 0.333. The highest BCUT2D eigenvalue weighted by atomic mass is 19.4. The lowest BCUT2D eigenvalue weighted by Gasteiger charge is -2.19. The van der Waals surface area contributed by atoms with Crippen LogP contribution in [0.3, 0.4) is 0 Å². The van der Waals surface area contributed by atoms with E-state index in [4.69, 9.17) is 0 Å². The Hall–Kier alpha value is -3.71. The average molecular weight is 461 g/mol. The average Bonchev–Trinajstić information content (AvgIpc) is 3.07. The standard InChI is InChI=1S/C18H16F5N5O4/c1-17(19,20)32-11-5-4-9(6-10(11)18(21,22)23)25-12(29)7-28-8-24-14-13(28)15(30)27(3)16(31)26(14)2/h4-6,8H,7H2,1-3H3,(H,25,29). The zero-order valence-corrected chi connectivity index (χ0v) is 16.8. The van der Waals surface area contributed by atoms with E-state index >= 15 is 0 Å². The van der Waals surface area contributed by atoms with Crippen LogP contribution in [0.1, 0.15) is 12.5 Å². The molecule has 0 fully saturated rings. The Bertz CT molecular complexity index is 1320. The van der Waals surface area contributed by atoms with Gasteiger partial charge in [-0.25, -0.2) is 9.78 Å². The molecule has 0 saturated heterocycles. The molecule has 0 aliphatic carbocycles. The fourth-order valence-corrected chi connectivity index (χ4v) is 2.98. The first kappa shape index (κ1) is 23.0. The van der Waals surface area contributed by atoms with E-state index < -0.39 is 47.3 Å². The summed E-state index contributed by atoms with van der Waals surface area (Å²) in [6.07, 6.45) is -7.75. The highest BCUT2D eigenvalue weighted by molar-refractivity contribution is 5.91. The Morgan fingerprint density at radius 2 is 1.78 bits per heavy atom. The van der Waals surface area contributed by atoms with Crippen molar-refractivity contribution in [3.05, 3.63) is 50.9 Å². The third-order valence-corrected chi connectivity index (χ3v) is 4.39. The molecule has 0 radical (unpaired) electrons. The van der Waals surface area contributed by atoms with Gasteiger partial charge < -0.3 is 14.6 Å². The van der Waals surface area contributed by atoms with Crippen molar-refractivity contribution < 1.29 is 31.5 Å². The number of nitrogens with one attached hydrogen (secondary N) is 1. The largest absolute Gasteiger partial charge is 0.432 e. The molecule has 14 heteroatoms. The smallest absolute Gasteiger partial charge is 0.420 e. The number of hydrogen-bond donors (Lipinski definition) is 1. The van der Waals surface area contributed by atoms with Crippen LogP contribution in [0.4, 0.5) is 27.6 Å².